The number of nitrogens with zero attached hydrogens (tertiary/aromatic N) is 1. The maximum absolute atomic E-state index is 2.33. The molecule has 1 aromatic rings. The highest BCUT2D eigenvalue weighted by Crippen LogP contribution is 2.04. The number of allylic oxidation sites excluding steroid dienone is 4. The summed E-state index contributed by atoms with van der Waals surface area (Å²) in [5.41, 5.74) is 0. The molecular weight excluding hydrogens is 186 g/mol. The minimum absolute atomic E-state index is 1.06. The average Bonchev–Trinajstić information content (AvgIpc) is 2.80. The Morgan fingerprint density at radius 2 is 1.43 bits per heavy atom. The average molecular weight is 205 g/mol. The van der Waals surface area contributed by atoms with E-state index >= 15 is 0 Å². The van der Waals surface area contributed by atoms with E-state index in [0.717, 1.165) is 6.42 Å². The maximum atomic E-state index is 2.33. The van der Waals surface area contributed by atoms with Gasteiger partial charge < -0.3 is 4.23 Å². The molecule has 0 saturated carbocycles. The minimum atomic E-state index is -1.06. The van der Waals surface area contributed by atoms with Crippen LogP contribution in [0.2, 0.25) is 19.6 Å². The van der Waals surface area contributed by atoms with Gasteiger partial charge in [0.2, 0.25) is 0 Å². The molecule has 0 unspecified atom stereocenters. The van der Waals surface area contributed by atoms with Crippen molar-refractivity contribution in [1.29, 1.82) is 0 Å². The summed E-state index contributed by atoms with van der Waals surface area (Å²) in [6, 6.07) is 4.16. The zero-order chi connectivity index (χ0) is 10.4. The summed E-state index contributed by atoms with van der Waals surface area (Å²) in [6.45, 7) is 6.98. The van der Waals surface area contributed by atoms with Crippen molar-refractivity contribution in [2.45, 2.75) is 26.1 Å². The molecule has 0 amide bonds. The maximum Gasteiger partial charge on any atom is 0.152 e. The molecule has 0 radical (unpaired) electrons. The summed E-state index contributed by atoms with van der Waals surface area (Å²) in [7, 11) is -1.06. The molecule has 2 rings (SSSR count). The summed E-state index contributed by atoms with van der Waals surface area (Å²) in [5, 5.41) is 0. The Morgan fingerprint density at radius 3 is 1.64 bits per heavy atom. The van der Waals surface area contributed by atoms with Crippen LogP contribution in [0, 0.1) is 0 Å². The molecule has 2 heteroatoms. The molecule has 0 aliphatic heterocycles. The van der Waals surface area contributed by atoms with Crippen LogP contribution in [0.4, 0.5) is 0 Å². The lowest BCUT2D eigenvalue weighted by Crippen LogP contribution is -2.30. The van der Waals surface area contributed by atoms with Crippen LogP contribution in [-0.4, -0.2) is 12.5 Å². The Bertz CT molecular complexity index is 292. The molecule has 1 aromatic heterocycles. The van der Waals surface area contributed by atoms with Gasteiger partial charge in [0, 0.05) is 0 Å². The first-order chi connectivity index (χ1) is 6.61. The van der Waals surface area contributed by atoms with Gasteiger partial charge in [0.25, 0.3) is 0 Å². The van der Waals surface area contributed by atoms with Crippen LogP contribution in [0.3, 0.4) is 0 Å². The predicted molar refractivity (Wildman–Crippen MR) is 66.1 cm³/mol. The smallest absolute Gasteiger partial charge is 0.152 e. The second-order valence-electron chi connectivity index (χ2n) is 4.35. The first kappa shape index (κ1) is 11.1. The van der Waals surface area contributed by atoms with Crippen LogP contribution >= 0.6 is 0 Å². The van der Waals surface area contributed by atoms with Gasteiger partial charge in [0.05, 0.1) is 0 Å². The standard InChI is InChI=1S/C7H13NSi.C5H6/c1-9(2,3)8-6-4-5-7-8;1-2-4-5-3-1/h4-7H,1-3H3;1-4H,5H2. The Kier molecular flexibility index (Phi) is 3.95. The van der Waals surface area contributed by atoms with Crippen molar-refractivity contribution >= 4 is 8.24 Å². The predicted octanol–water partition coefficient (Wildman–Crippen LogP) is 3.67. The van der Waals surface area contributed by atoms with E-state index in [1.165, 1.54) is 0 Å². The topological polar surface area (TPSA) is 4.93 Å². The lowest BCUT2D eigenvalue weighted by molar-refractivity contribution is 1.15. The molecule has 76 valence electrons. The van der Waals surface area contributed by atoms with Crippen LogP contribution in [-0.2, 0) is 0 Å². The van der Waals surface area contributed by atoms with Crippen molar-refractivity contribution < 1.29 is 0 Å². The summed E-state index contributed by atoms with van der Waals surface area (Å²) >= 11 is 0. The van der Waals surface area contributed by atoms with Crippen molar-refractivity contribution in [2.75, 3.05) is 0 Å². The number of aromatic nitrogens is 1. The molecule has 0 aromatic carbocycles. The summed E-state index contributed by atoms with van der Waals surface area (Å²) in [4.78, 5) is 0. The summed E-state index contributed by atoms with van der Waals surface area (Å²) < 4.78 is 2.33. The zero-order valence-electron chi connectivity index (χ0n) is 9.27. The molecule has 0 bridgehead atoms. The van der Waals surface area contributed by atoms with E-state index in [1.807, 2.05) is 0 Å². The second-order valence-corrected chi connectivity index (χ2v) is 9.21. The third kappa shape index (κ3) is 3.79. The molecule has 1 nitrogen and oxygen atoms in total. The lowest BCUT2D eigenvalue weighted by atomic mass is 10.5. The summed E-state index contributed by atoms with van der Waals surface area (Å²) in [6.07, 6.45) is 13.8. The van der Waals surface area contributed by atoms with E-state index in [1.54, 1.807) is 0 Å². The monoisotopic (exact) mass is 205 g/mol. The normalized spacial score (nSPS) is 13.9. The van der Waals surface area contributed by atoms with Gasteiger partial charge in [-0.05, 0) is 30.9 Å². The fourth-order valence-electron chi connectivity index (χ4n) is 1.17. The van der Waals surface area contributed by atoms with E-state index in [0.29, 0.717) is 0 Å². The summed E-state index contributed by atoms with van der Waals surface area (Å²) in [5.74, 6) is 0. The molecule has 0 spiro atoms. The molecule has 1 aliphatic rings. The van der Waals surface area contributed by atoms with Gasteiger partial charge in [-0.25, -0.2) is 0 Å². The molecule has 0 fully saturated rings. The van der Waals surface area contributed by atoms with Crippen LogP contribution in [0.1, 0.15) is 6.42 Å². The van der Waals surface area contributed by atoms with Crippen molar-refractivity contribution in [3.63, 3.8) is 0 Å². The zero-order valence-corrected chi connectivity index (χ0v) is 10.3. The van der Waals surface area contributed by atoms with Gasteiger partial charge in [-0.2, -0.15) is 0 Å². The first-order valence-electron chi connectivity index (χ1n) is 5.06. The third-order valence-electron chi connectivity index (χ3n) is 2.03. The molecular formula is C12H19NSi. The van der Waals surface area contributed by atoms with E-state index in [4.69, 9.17) is 0 Å². The van der Waals surface area contributed by atoms with Gasteiger partial charge in [-0.15, -0.1) is 0 Å². The quantitative estimate of drug-likeness (QED) is 0.616. The Hall–Kier alpha value is -1.02. The Labute approximate surface area is 87.9 Å². The molecule has 1 aliphatic carbocycles. The van der Waals surface area contributed by atoms with E-state index in [-0.39, 0.29) is 0 Å². The highest BCUT2D eigenvalue weighted by molar-refractivity contribution is 6.74. The third-order valence-corrected chi connectivity index (χ3v) is 3.88. The Morgan fingerprint density at radius 1 is 0.929 bits per heavy atom. The van der Waals surface area contributed by atoms with Crippen LogP contribution in [0.5, 0.6) is 0 Å². The van der Waals surface area contributed by atoms with Gasteiger partial charge in [0.1, 0.15) is 0 Å². The van der Waals surface area contributed by atoms with Crippen molar-refractivity contribution in [1.82, 2.24) is 4.23 Å². The molecule has 0 saturated heterocycles. The van der Waals surface area contributed by atoms with Gasteiger partial charge in [0.15, 0.2) is 8.24 Å². The van der Waals surface area contributed by atoms with Crippen molar-refractivity contribution in [3.8, 4) is 0 Å². The van der Waals surface area contributed by atoms with Gasteiger partial charge in [-0.3, -0.25) is 0 Å². The largest absolute Gasteiger partial charge is 0.381 e. The van der Waals surface area contributed by atoms with E-state index < -0.39 is 8.24 Å². The van der Waals surface area contributed by atoms with Crippen LogP contribution in [0.15, 0.2) is 48.8 Å². The fourth-order valence-corrected chi connectivity index (χ4v) is 2.24. The van der Waals surface area contributed by atoms with Crippen molar-refractivity contribution in [3.05, 3.63) is 48.8 Å². The van der Waals surface area contributed by atoms with E-state index in [2.05, 4.69) is 72.7 Å². The Balaban J connectivity index is 0.000000165. The van der Waals surface area contributed by atoms with Gasteiger partial charge >= 0.3 is 0 Å². The molecule has 14 heavy (non-hydrogen) atoms. The van der Waals surface area contributed by atoms with Crippen LogP contribution < -0.4 is 0 Å². The van der Waals surface area contributed by atoms with Crippen LogP contribution in [0.25, 0.3) is 0 Å². The first-order valence-corrected chi connectivity index (χ1v) is 8.50. The van der Waals surface area contributed by atoms with E-state index in [9.17, 15) is 0 Å². The molecule has 1 heterocycles. The molecule has 0 atom stereocenters. The number of rotatable bonds is 1. The van der Waals surface area contributed by atoms with Crippen molar-refractivity contribution in [2.24, 2.45) is 0 Å². The second kappa shape index (κ2) is 5.01. The van der Waals surface area contributed by atoms with Gasteiger partial charge in [-0.1, -0.05) is 43.9 Å². The highest BCUT2D eigenvalue weighted by Gasteiger charge is 2.13. The number of hydrogen-bond acceptors (Lipinski definition) is 0. The number of hydrogen-bond donors (Lipinski definition) is 0. The SMILES string of the molecule is C1=CCC=C1.C[Si](C)(C)n1cccc1. The molecule has 0 N–H and O–H groups in total. The highest BCUT2D eigenvalue weighted by atomic mass is 28.3. The fraction of sp³-hybridized carbons (Fsp3) is 0.333. The minimum Gasteiger partial charge on any atom is -0.381 e. The lowest BCUT2D eigenvalue weighted by Gasteiger charge is -2.17.